The van der Waals surface area contributed by atoms with Gasteiger partial charge in [0.1, 0.15) is 17.2 Å². The number of nitrogens with zero attached hydrogens (tertiary/aromatic N) is 3. The maximum absolute atomic E-state index is 12.8. The zero-order valence-electron chi connectivity index (χ0n) is 22.1. The number of rotatable bonds is 11. The molecule has 0 atom stereocenters. The van der Waals surface area contributed by atoms with E-state index in [0.717, 1.165) is 11.3 Å². The molecule has 4 aromatic rings. The van der Waals surface area contributed by atoms with Crippen LogP contribution in [0.2, 0.25) is 0 Å². The molecule has 0 radical (unpaired) electrons. The highest BCUT2D eigenvalue weighted by Crippen LogP contribution is 2.30. The summed E-state index contributed by atoms with van der Waals surface area (Å²) in [5.41, 5.74) is 2.91. The van der Waals surface area contributed by atoms with Gasteiger partial charge in [-0.2, -0.15) is 0 Å². The predicted molar refractivity (Wildman–Crippen MR) is 149 cm³/mol. The van der Waals surface area contributed by atoms with Crippen molar-refractivity contribution in [3.05, 3.63) is 83.7 Å². The molecule has 0 saturated carbocycles. The number of amides is 2. The van der Waals surface area contributed by atoms with Crippen LogP contribution in [0, 0.1) is 6.92 Å². The molecule has 0 unspecified atom stereocenters. The van der Waals surface area contributed by atoms with Gasteiger partial charge in [-0.05, 0) is 61.0 Å². The number of methoxy groups -OCH3 is 3. The van der Waals surface area contributed by atoms with E-state index in [-0.39, 0.29) is 24.1 Å². The fraction of sp³-hybridized carbons (Fsp3) is 0.214. The summed E-state index contributed by atoms with van der Waals surface area (Å²) in [5.74, 6) is 1.90. The van der Waals surface area contributed by atoms with Gasteiger partial charge in [0.05, 0.1) is 39.3 Å². The fourth-order valence-electron chi connectivity index (χ4n) is 3.76. The lowest BCUT2D eigenvalue weighted by molar-refractivity contribution is -0.113. The average Bonchev–Trinajstić information content (AvgIpc) is 3.37. The molecule has 0 fully saturated rings. The predicted octanol–water partition coefficient (Wildman–Crippen LogP) is 4.26. The number of ether oxygens (including phenoxy) is 3. The van der Waals surface area contributed by atoms with E-state index in [4.69, 9.17) is 14.2 Å². The number of carbonyl (C=O) groups is 2. The van der Waals surface area contributed by atoms with Crippen molar-refractivity contribution >= 4 is 29.3 Å². The van der Waals surface area contributed by atoms with Crippen LogP contribution in [0.1, 0.15) is 21.7 Å². The lowest BCUT2D eigenvalue weighted by Gasteiger charge is -2.13. The number of carbonyl (C=O) groups excluding carboxylic acids is 2. The van der Waals surface area contributed by atoms with Crippen LogP contribution in [0.3, 0.4) is 0 Å². The summed E-state index contributed by atoms with van der Waals surface area (Å²) in [6, 6.07) is 19.8. The van der Waals surface area contributed by atoms with Gasteiger partial charge in [0.15, 0.2) is 11.0 Å². The van der Waals surface area contributed by atoms with Gasteiger partial charge < -0.3 is 24.8 Å². The molecule has 0 aliphatic carbocycles. The Hall–Kier alpha value is -4.51. The van der Waals surface area contributed by atoms with Crippen LogP contribution in [0.15, 0.2) is 71.9 Å². The first kappa shape index (κ1) is 27.5. The Morgan fingerprint density at radius 1 is 0.897 bits per heavy atom. The molecule has 202 valence electrons. The monoisotopic (exact) mass is 547 g/mol. The third-order valence-electron chi connectivity index (χ3n) is 5.73. The second-order valence-corrected chi connectivity index (χ2v) is 9.33. The molecule has 0 aliphatic rings. The Labute approximate surface area is 230 Å². The first-order valence-electron chi connectivity index (χ1n) is 12.0. The molecule has 0 saturated heterocycles. The van der Waals surface area contributed by atoms with Crippen molar-refractivity contribution in [3.8, 4) is 22.9 Å². The normalized spacial score (nSPS) is 10.6. The van der Waals surface area contributed by atoms with Crippen LogP contribution in [0.4, 0.5) is 5.69 Å². The van der Waals surface area contributed by atoms with E-state index >= 15 is 0 Å². The number of aromatic nitrogens is 3. The lowest BCUT2D eigenvalue weighted by Crippen LogP contribution is -2.24. The molecule has 39 heavy (non-hydrogen) atoms. The van der Waals surface area contributed by atoms with Crippen LogP contribution >= 0.6 is 11.8 Å². The van der Waals surface area contributed by atoms with Crippen LogP contribution < -0.4 is 24.8 Å². The Bertz CT molecular complexity index is 1460. The zero-order valence-corrected chi connectivity index (χ0v) is 22.9. The van der Waals surface area contributed by atoms with Gasteiger partial charge in [0.2, 0.25) is 5.91 Å². The highest BCUT2D eigenvalue weighted by Gasteiger charge is 2.18. The number of hydrogen-bond donors (Lipinski definition) is 2. The molecule has 2 amide bonds. The molecule has 0 aliphatic heterocycles. The Morgan fingerprint density at radius 2 is 1.64 bits per heavy atom. The number of nitrogens with one attached hydrogen (secondary N) is 2. The first-order valence-corrected chi connectivity index (χ1v) is 13.0. The summed E-state index contributed by atoms with van der Waals surface area (Å²) >= 11 is 1.24. The van der Waals surface area contributed by atoms with E-state index in [1.54, 1.807) is 56.7 Å². The summed E-state index contributed by atoms with van der Waals surface area (Å²) in [6.45, 7) is 2.13. The Kier molecular flexibility index (Phi) is 9.06. The van der Waals surface area contributed by atoms with Gasteiger partial charge in [-0.25, -0.2) is 0 Å². The lowest BCUT2D eigenvalue weighted by atomic mass is 10.2. The van der Waals surface area contributed by atoms with E-state index in [2.05, 4.69) is 20.8 Å². The van der Waals surface area contributed by atoms with E-state index in [1.807, 2.05) is 35.8 Å². The quantitative estimate of drug-likeness (QED) is 0.268. The largest absolute Gasteiger partial charge is 0.497 e. The minimum absolute atomic E-state index is 0.0807. The van der Waals surface area contributed by atoms with Gasteiger partial charge in [-0.1, -0.05) is 23.9 Å². The van der Waals surface area contributed by atoms with Gasteiger partial charge in [-0.3, -0.25) is 14.2 Å². The zero-order chi connectivity index (χ0) is 27.8. The van der Waals surface area contributed by atoms with Crippen LogP contribution in [0.5, 0.6) is 17.2 Å². The van der Waals surface area contributed by atoms with E-state index in [0.29, 0.717) is 39.5 Å². The second-order valence-electron chi connectivity index (χ2n) is 8.39. The van der Waals surface area contributed by atoms with E-state index < -0.39 is 0 Å². The molecule has 1 heterocycles. The summed E-state index contributed by atoms with van der Waals surface area (Å²) in [5, 5.41) is 14.9. The van der Waals surface area contributed by atoms with Crippen LogP contribution in [-0.2, 0) is 11.3 Å². The highest BCUT2D eigenvalue weighted by molar-refractivity contribution is 7.99. The molecule has 2 N–H and O–H groups in total. The summed E-state index contributed by atoms with van der Waals surface area (Å²) < 4.78 is 17.6. The smallest absolute Gasteiger partial charge is 0.251 e. The standard InChI is InChI=1S/C28H29N5O5S/c1-18-6-5-7-20(14-18)33-25(16-29-27(35)19-8-10-21(36-2)11-9-19)31-32-28(33)39-17-26(34)30-23-13-12-22(37-3)15-24(23)38-4/h5-15H,16-17H2,1-4H3,(H,29,35)(H,30,34). The number of anilines is 1. The fourth-order valence-corrected chi connectivity index (χ4v) is 4.53. The van der Waals surface area contributed by atoms with Gasteiger partial charge >= 0.3 is 0 Å². The molecular weight excluding hydrogens is 518 g/mol. The average molecular weight is 548 g/mol. The molecule has 1 aromatic heterocycles. The second kappa shape index (κ2) is 12.8. The topological polar surface area (TPSA) is 117 Å². The van der Waals surface area contributed by atoms with Crippen molar-refractivity contribution in [1.29, 1.82) is 0 Å². The van der Waals surface area contributed by atoms with Gasteiger partial charge in [-0.15, -0.1) is 10.2 Å². The van der Waals surface area contributed by atoms with Crippen molar-refractivity contribution in [3.63, 3.8) is 0 Å². The molecule has 0 spiro atoms. The molecule has 4 rings (SSSR count). The highest BCUT2D eigenvalue weighted by atomic mass is 32.2. The number of thioether (sulfide) groups is 1. The van der Waals surface area contributed by atoms with Crippen molar-refractivity contribution < 1.29 is 23.8 Å². The number of hydrogen-bond acceptors (Lipinski definition) is 8. The summed E-state index contributed by atoms with van der Waals surface area (Å²) in [7, 11) is 4.66. The molecule has 0 bridgehead atoms. The Morgan fingerprint density at radius 3 is 2.33 bits per heavy atom. The summed E-state index contributed by atoms with van der Waals surface area (Å²) in [6.07, 6.45) is 0. The molecular formula is C28H29N5O5S. The third-order valence-corrected chi connectivity index (χ3v) is 6.66. The Balaban J connectivity index is 1.49. The molecule has 11 heteroatoms. The number of aryl methyl sites for hydroxylation is 1. The van der Waals surface area contributed by atoms with Crippen molar-refractivity contribution in [2.24, 2.45) is 0 Å². The van der Waals surface area contributed by atoms with Crippen molar-refractivity contribution in [2.45, 2.75) is 18.6 Å². The minimum Gasteiger partial charge on any atom is -0.497 e. The van der Waals surface area contributed by atoms with E-state index in [1.165, 1.54) is 18.9 Å². The van der Waals surface area contributed by atoms with Gasteiger partial charge in [0, 0.05) is 17.3 Å². The van der Waals surface area contributed by atoms with E-state index in [9.17, 15) is 9.59 Å². The van der Waals surface area contributed by atoms with Crippen molar-refractivity contribution in [1.82, 2.24) is 20.1 Å². The number of benzene rings is 3. The maximum Gasteiger partial charge on any atom is 0.251 e. The van der Waals surface area contributed by atoms with Gasteiger partial charge in [0.25, 0.3) is 5.91 Å². The van der Waals surface area contributed by atoms with Crippen LogP contribution in [-0.4, -0.2) is 53.7 Å². The minimum atomic E-state index is -0.251. The summed E-state index contributed by atoms with van der Waals surface area (Å²) in [4.78, 5) is 25.5. The molecule has 10 nitrogen and oxygen atoms in total. The third kappa shape index (κ3) is 6.88. The first-order chi connectivity index (χ1) is 18.9. The van der Waals surface area contributed by atoms with Crippen molar-refractivity contribution in [2.75, 3.05) is 32.4 Å². The SMILES string of the molecule is COc1ccc(C(=O)NCc2nnc(SCC(=O)Nc3ccc(OC)cc3OC)n2-c2cccc(C)c2)cc1. The van der Waals surface area contributed by atoms with Crippen LogP contribution in [0.25, 0.3) is 5.69 Å². The molecule has 3 aromatic carbocycles. The maximum atomic E-state index is 12.8.